The third-order valence-electron chi connectivity index (χ3n) is 4.82. The number of hydrogen-bond acceptors (Lipinski definition) is 3. The lowest BCUT2D eigenvalue weighted by molar-refractivity contribution is -0.196. The van der Waals surface area contributed by atoms with Crippen LogP contribution in [0.25, 0.3) is 5.57 Å². The van der Waals surface area contributed by atoms with Crippen LogP contribution in [0.15, 0.2) is 54.1 Å². The van der Waals surface area contributed by atoms with Crippen molar-refractivity contribution in [2.75, 3.05) is 0 Å². The molecule has 4 heteroatoms. The Labute approximate surface area is 155 Å². The first-order chi connectivity index (χ1) is 12.1. The van der Waals surface area contributed by atoms with Crippen LogP contribution < -0.4 is 5.32 Å². The zero-order chi connectivity index (χ0) is 19.4. The Morgan fingerprint density at radius 3 is 2.31 bits per heavy atom. The van der Waals surface area contributed by atoms with Gasteiger partial charge in [0.15, 0.2) is 5.79 Å². The van der Waals surface area contributed by atoms with Crippen LogP contribution in [0.3, 0.4) is 0 Å². The molecule has 140 valence electrons. The van der Waals surface area contributed by atoms with Gasteiger partial charge < -0.3 is 15.5 Å². The van der Waals surface area contributed by atoms with Crippen molar-refractivity contribution in [2.24, 2.45) is 0 Å². The Hall–Kier alpha value is -2.17. The fourth-order valence-electron chi connectivity index (χ4n) is 2.64. The van der Waals surface area contributed by atoms with E-state index in [1.807, 2.05) is 12.2 Å². The van der Waals surface area contributed by atoms with Gasteiger partial charge >= 0.3 is 0 Å². The lowest BCUT2D eigenvalue weighted by Crippen LogP contribution is -2.59. The molecule has 1 aliphatic rings. The Morgan fingerprint density at radius 1 is 1.08 bits per heavy atom. The summed E-state index contributed by atoms with van der Waals surface area (Å²) in [7, 11) is 0. The molecule has 0 aliphatic heterocycles. The molecule has 0 bridgehead atoms. The van der Waals surface area contributed by atoms with E-state index in [1.165, 1.54) is 12.5 Å². The lowest BCUT2D eigenvalue weighted by Gasteiger charge is -2.36. The lowest BCUT2D eigenvalue weighted by atomic mass is 9.94. The number of carbonyl (C=O) groups excluding carboxylic acids is 1. The number of nitrogens with one attached hydrogen (secondary N) is 1. The van der Waals surface area contributed by atoms with Crippen molar-refractivity contribution in [1.82, 2.24) is 5.32 Å². The minimum absolute atomic E-state index is 0.325. The third kappa shape index (κ3) is 4.93. The molecule has 0 aromatic heterocycles. The van der Waals surface area contributed by atoms with Crippen LogP contribution in [0.2, 0.25) is 0 Å². The van der Waals surface area contributed by atoms with Gasteiger partial charge in [-0.2, -0.15) is 0 Å². The van der Waals surface area contributed by atoms with Crippen molar-refractivity contribution < 1.29 is 15.0 Å². The van der Waals surface area contributed by atoms with Crippen molar-refractivity contribution in [3.63, 3.8) is 0 Å². The summed E-state index contributed by atoms with van der Waals surface area (Å²) in [4.78, 5) is 12.5. The standard InChI is InChI=1S/C22H29NO3/c1-5-7-16-10-12-18(13-11-16)17-8-6-9-19(15-14-17)20(24)23-21(2,3)22(4,25)26/h8-15,25-26H,5-7H2,1-4H3,(H,23,24). The maximum atomic E-state index is 12.5. The van der Waals surface area contributed by atoms with E-state index in [9.17, 15) is 15.0 Å². The van der Waals surface area contributed by atoms with Crippen LogP contribution in [-0.4, -0.2) is 27.4 Å². The highest BCUT2D eigenvalue weighted by atomic mass is 16.5. The highest BCUT2D eigenvalue weighted by molar-refractivity contribution is 5.97. The summed E-state index contributed by atoms with van der Waals surface area (Å²) in [6, 6.07) is 8.51. The normalized spacial score (nSPS) is 15.2. The average Bonchev–Trinajstić information content (AvgIpc) is 2.80. The fourth-order valence-corrected chi connectivity index (χ4v) is 2.64. The summed E-state index contributed by atoms with van der Waals surface area (Å²) in [5.41, 5.74) is 2.86. The topological polar surface area (TPSA) is 69.6 Å². The summed E-state index contributed by atoms with van der Waals surface area (Å²) in [6.45, 7) is 6.58. The minimum atomic E-state index is -2.01. The van der Waals surface area contributed by atoms with Crippen LogP contribution in [0, 0.1) is 0 Å². The molecule has 1 aromatic carbocycles. The molecule has 0 saturated carbocycles. The molecule has 2 rings (SSSR count). The number of carbonyl (C=O) groups is 1. The van der Waals surface area contributed by atoms with Gasteiger partial charge in [0.25, 0.3) is 5.91 Å². The first-order valence-corrected chi connectivity index (χ1v) is 9.09. The van der Waals surface area contributed by atoms with E-state index >= 15 is 0 Å². The van der Waals surface area contributed by atoms with Gasteiger partial charge in [-0.25, -0.2) is 0 Å². The molecule has 0 spiro atoms. The second-order valence-electron chi connectivity index (χ2n) is 7.43. The maximum Gasteiger partial charge on any atom is 0.251 e. The van der Waals surface area contributed by atoms with Crippen molar-refractivity contribution in [3.8, 4) is 0 Å². The van der Waals surface area contributed by atoms with Crippen LogP contribution in [-0.2, 0) is 11.2 Å². The van der Waals surface area contributed by atoms with Gasteiger partial charge in [-0.05, 0) is 56.4 Å². The predicted octanol–water partition coefficient (Wildman–Crippen LogP) is 3.50. The SMILES string of the molecule is CCCc1ccc(C2=CCC=C(C(=O)NC(C)(C)C(C)(O)O)C=C2)cc1. The molecule has 4 nitrogen and oxygen atoms in total. The number of amides is 1. The molecular formula is C22H29NO3. The highest BCUT2D eigenvalue weighted by Crippen LogP contribution is 2.23. The number of benzene rings is 1. The Bertz CT molecular complexity index is 732. The molecule has 1 aliphatic carbocycles. The van der Waals surface area contributed by atoms with Crippen LogP contribution in [0.4, 0.5) is 0 Å². The van der Waals surface area contributed by atoms with Gasteiger partial charge in [-0.1, -0.05) is 55.8 Å². The first-order valence-electron chi connectivity index (χ1n) is 9.09. The van der Waals surface area contributed by atoms with Gasteiger partial charge in [0.1, 0.15) is 0 Å². The van der Waals surface area contributed by atoms with E-state index in [1.54, 1.807) is 19.9 Å². The predicted molar refractivity (Wildman–Crippen MR) is 105 cm³/mol. The van der Waals surface area contributed by atoms with E-state index in [4.69, 9.17) is 0 Å². The second-order valence-corrected chi connectivity index (χ2v) is 7.43. The van der Waals surface area contributed by atoms with E-state index in [0.717, 1.165) is 24.0 Å². The Kier molecular flexibility index (Phi) is 6.21. The van der Waals surface area contributed by atoms with Crippen molar-refractivity contribution in [3.05, 3.63) is 65.3 Å². The van der Waals surface area contributed by atoms with Gasteiger partial charge in [0, 0.05) is 5.57 Å². The van der Waals surface area contributed by atoms with Gasteiger partial charge in [0.05, 0.1) is 5.54 Å². The van der Waals surface area contributed by atoms with E-state index in [-0.39, 0.29) is 5.91 Å². The number of allylic oxidation sites excluding steroid dienone is 4. The van der Waals surface area contributed by atoms with Gasteiger partial charge in [-0.15, -0.1) is 0 Å². The van der Waals surface area contributed by atoms with E-state index in [2.05, 4.69) is 42.6 Å². The first kappa shape index (κ1) is 20.1. The second kappa shape index (κ2) is 8.02. The quantitative estimate of drug-likeness (QED) is 0.684. The number of aliphatic hydroxyl groups is 2. The van der Waals surface area contributed by atoms with Gasteiger partial charge in [-0.3, -0.25) is 4.79 Å². The molecule has 1 aromatic rings. The van der Waals surface area contributed by atoms with Crippen molar-refractivity contribution >= 4 is 11.5 Å². The van der Waals surface area contributed by atoms with E-state index in [0.29, 0.717) is 12.0 Å². The number of aryl methyl sites for hydroxylation is 1. The van der Waals surface area contributed by atoms with Crippen LogP contribution in [0.5, 0.6) is 0 Å². The molecule has 1 amide bonds. The molecule has 0 unspecified atom stereocenters. The van der Waals surface area contributed by atoms with Crippen molar-refractivity contribution in [1.29, 1.82) is 0 Å². The summed E-state index contributed by atoms with van der Waals surface area (Å²) in [6.07, 6.45) is 10.5. The van der Waals surface area contributed by atoms with Gasteiger partial charge in [0.2, 0.25) is 0 Å². The number of rotatable bonds is 6. The molecular weight excluding hydrogens is 326 g/mol. The summed E-state index contributed by atoms with van der Waals surface area (Å²) in [5, 5.41) is 22.3. The van der Waals surface area contributed by atoms with E-state index < -0.39 is 11.3 Å². The third-order valence-corrected chi connectivity index (χ3v) is 4.82. The average molecular weight is 355 g/mol. The number of hydrogen-bond donors (Lipinski definition) is 3. The molecule has 0 fully saturated rings. The molecule has 0 radical (unpaired) electrons. The Balaban J connectivity index is 2.10. The minimum Gasteiger partial charge on any atom is -0.364 e. The summed E-state index contributed by atoms with van der Waals surface area (Å²) in [5.74, 6) is -2.34. The zero-order valence-corrected chi connectivity index (χ0v) is 16.0. The summed E-state index contributed by atoms with van der Waals surface area (Å²) < 4.78 is 0. The smallest absolute Gasteiger partial charge is 0.251 e. The zero-order valence-electron chi connectivity index (χ0n) is 16.0. The molecule has 0 atom stereocenters. The maximum absolute atomic E-state index is 12.5. The summed E-state index contributed by atoms with van der Waals surface area (Å²) >= 11 is 0. The molecule has 0 saturated heterocycles. The van der Waals surface area contributed by atoms with Crippen molar-refractivity contribution in [2.45, 2.75) is 58.3 Å². The fraction of sp³-hybridized carbons (Fsp3) is 0.409. The molecule has 3 N–H and O–H groups in total. The van der Waals surface area contributed by atoms with Crippen LogP contribution in [0.1, 0.15) is 51.7 Å². The Morgan fingerprint density at radius 2 is 1.73 bits per heavy atom. The molecule has 0 heterocycles. The molecule has 26 heavy (non-hydrogen) atoms. The monoisotopic (exact) mass is 355 g/mol. The largest absolute Gasteiger partial charge is 0.364 e. The van der Waals surface area contributed by atoms with Crippen LogP contribution >= 0.6 is 0 Å². The highest BCUT2D eigenvalue weighted by Gasteiger charge is 2.39.